The molecule has 11 heteroatoms. The Balaban J connectivity index is 2.33. The van der Waals surface area contributed by atoms with Crippen LogP contribution < -0.4 is 10.5 Å². The van der Waals surface area contributed by atoms with Crippen LogP contribution in [0.1, 0.15) is 0 Å². The van der Waals surface area contributed by atoms with Crippen molar-refractivity contribution in [2.75, 3.05) is 26.9 Å². The van der Waals surface area contributed by atoms with Crippen LogP contribution in [0.15, 0.2) is 29.4 Å². The minimum Gasteiger partial charge on any atom is -0.495 e. The van der Waals surface area contributed by atoms with E-state index in [2.05, 4.69) is 9.97 Å². The largest absolute Gasteiger partial charge is 0.495 e. The maximum absolute atomic E-state index is 14.2. The Morgan fingerprint density at radius 1 is 1.27 bits per heavy atom. The van der Waals surface area contributed by atoms with Gasteiger partial charge in [0.15, 0.2) is 11.6 Å². The molecule has 0 amide bonds. The molecule has 0 saturated carbocycles. The van der Waals surface area contributed by atoms with Crippen LogP contribution in [0.2, 0.25) is 0 Å². The lowest BCUT2D eigenvalue weighted by Gasteiger charge is -2.15. The molecule has 0 unspecified atom stereocenters. The Labute approximate surface area is 147 Å². The molecule has 3 heterocycles. The summed E-state index contributed by atoms with van der Waals surface area (Å²) in [7, 11) is 0.202. The number of ether oxygens (including phenoxy) is 1. The molecule has 0 atom stereocenters. The van der Waals surface area contributed by atoms with Gasteiger partial charge >= 0.3 is 0 Å². The molecule has 0 bridgehead atoms. The lowest BCUT2D eigenvalue weighted by atomic mass is 10.2. The van der Waals surface area contributed by atoms with Gasteiger partial charge in [0.05, 0.1) is 24.6 Å². The smallest absolute Gasteiger partial charge is 0.247 e. The number of aromatic nitrogens is 3. The molecule has 0 saturated heterocycles. The van der Waals surface area contributed by atoms with Gasteiger partial charge in [0, 0.05) is 26.4 Å². The predicted molar refractivity (Wildman–Crippen MR) is 90.2 cm³/mol. The van der Waals surface area contributed by atoms with Crippen molar-refractivity contribution in [3.05, 3.63) is 36.3 Å². The van der Waals surface area contributed by atoms with Gasteiger partial charge in [-0.2, -0.15) is 9.37 Å². The number of fused-ring (bicyclic) bond motifs is 1. The second-order valence-electron chi connectivity index (χ2n) is 5.56. The second kappa shape index (κ2) is 6.18. The Bertz CT molecular complexity index is 1110. The number of halogens is 2. The fourth-order valence-corrected chi connectivity index (χ4v) is 3.42. The summed E-state index contributed by atoms with van der Waals surface area (Å²) in [6.45, 7) is 0. The van der Waals surface area contributed by atoms with Crippen LogP contribution >= 0.6 is 0 Å². The summed E-state index contributed by atoms with van der Waals surface area (Å²) in [5, 5.41) is 0. The van der Waals surface area contributed by atoms with E-state index >= 15 is 0 Å². The molecule has 2 N–H and O–H groups in total. The van der Waals surface area contributed by atoms with Gasteiger partial charge in [-0.25, -0.2) is 22.1 Å². The highest BCUT2D eigenvalue weighted by molar-refractivity contribution is 7.89. The summed E-state index contributed by atoms with van der Waals surface area (Å²) < 4.78 is 60.5. The zero-order valence-electron chi connectivity index (χ0n) is 14.1. The van der Waals surface area contributed by atoms with Gasteiger partial charge in [0.1, 0.15) is 16.3 Å². The van der Waals surface area contributed by atoms with Crippen molar-refractivity contribution in [3.63, 3.8) is 0 Å². The van der Waals surface area contributed by atoms with Gasteiger partial charge in [0.2, 0.25) is 16.0 Å². The Morgan fingerprint density at radius 3 is 2.58 bits per heavy atom. The van der Waals surface area contributed by atoms with E-state index in [4.69, 9.17) is 10.5 Å². The Kier molecular flexibility index (Phi) is 4.28. The topological polar surface area (TPSA) is 103 Å². The molecule has 3 aromatic heterocycles. The van der Waals surface area contributed by atoms with E-state index in [9.17, 15) is 17.2 Å². The van der Waals surface area contributed by atoms with Crippen LogP contribution in [-0.2, 0) is 10.0 Å². The number of methoxy groups -OCH3 is 1. The molecule has 0 radical (unpaired) electrons. The van der Waals surface area contributed by atoms with E-state index in [1.807, 2.05) is 0 Å². The van der Waals surface area contributed by atoms with Gasteiger partial charge in [-0.05, 0) is 6.07 Å². The number of imidazole rings is 1. The molecule has 8 nitrogen and oxygen atoms in total. The first-order valence-electron chi connectivity index (χ1n) is 7.26. The van der Waals surface area contributed by atoms with Crippen LogP contribution in [0.4, 0.5) is 14.6 Å². The maximum atomic E-state index is 14.2. The minimum absolute atomic E-state index is 0.0745. The monoisotopic (exact) mass is 383 g/mol. The quantitative estimate of drug-likeness (QED) is 0.685. The van der Waals surface area contributed by atoms with Crippen LogP contribution in [0.3, 0.4) is 0 Å². The van der Waals surface area contributed by atoms with Crippen molar-refractivity contribution in [3.8, 4) is 17.0 Å². The summed E-state index contributed by atoms with van der Waals surface area (Å²) in [5.74, 6) is -2.40. The standard InChI is InChI=1S/C15H15F2N5O3S/c1-21(2)26(23,24)12-7-22-10(6-19-13(22)5-11(12)25-3)8-4-9(16)15(18)20-14(8)17/h4-7H,1-3H3,(H2,18,20). The van der Waals surface area contributed by atoms with E-state index < -0.39 is 27.6 Å². The number of pyridine rings is 2. The van der Waals surface area contributed by atoms with Crippen molar-refractivity contribution in [2.24, 2.45) is 0 Å². The van der Waals surface area contributed by atoms with Crippen molar-refractivity contribution >= 4 is 21.5 Å². The molecule has 0 spiro atoms. The highest BCUT2D eigenvalue weighted by Crippen LogP contribution is 2.31. The van der Waals surface area contributed by atoms with E-state index in [1.165, 1.54) is 44.1 Å². The Morgan fingerprint density at radius 2 is 1.96 bits per heavy atom. The number of hydrogen-bond donors (Lipinski definition) is 1. The lowest BCUT2D eigenvalue weighted by Crippen LogP contribution is -2.23. The number of hydrogen-bond acceptors (Lipinski definition) is 6. The zero-order valence-corrected chi connectivity index (χ0v) is 14.9. The van der Waals surface area contributed by atoms with Gasteiger partial charge in [-0.1, -0.05) is 0 Å². The summed E-state index contributed by atoms with van der Waals surface area (Å²) in [6, 6.07) is 2.27. The van der Waals surface area contributed by atoms with E-state index in [-0.39, 0.29) is 27.5 Å². The van der Waals surface area contributed by atoms with E-state index in [0.717, 1.165) is 10.4 Å². The molecule has 26 heavy (non-hydrogen) atoms. The van der Waals surface area contributed by atoms with Crippen LogP contribution in [0.25, 0.3) is 16.9 Å². The highest BCUT2D eigenvalue weighted by Gasteiger charge is 2.25. The molecular weight excluding hydrogens is 368 g/mol. The third kappa shape index (κ3) is 2.74. The molecular formula is C15H15F2N5O3S. The fraction of sp³-hybridized carbons (Fsp3) is 0.200. The molecule has 0 aliphatic heterocycles. The molecule has 0 aliphatic rings. The molecule has 3 rings (SSSR count). The summed E-state index contributed by atoms with van der Waals surface area (Å²) in [4.78, 5) is 7.25. The first-order chi connectivity index (χ1) is 12.2. The van der Waals surface area contributed by atoms with Crippen molar-refractivity contribution < 1.29 is 21.9 Å². The SMILES string of the molecule is COc1cc2ncc(-c3cc(F)c(N)nc3F)n2cc1S(=O)(=O)N(C)C. The van der Waals surface area contributed by atoms with Crippen molar-refractivity contribution in [1.29, 1.82) is 0 Å². The summed E-state index contributed by atoms with van der Waals surface area (Å²) >= 11 is 0. The zero-order chi connectivity index (χ0) is 19.2. The van der Waals surface area contributed by atoms with Gasteiger partial charge in [0.25, 0.3) is 0 Å². The van der Waals surface area contributed by atoms with Gasteiger partial charge in [-0.3, -0.25) is 4.40 Å². The van der Waals surface area contributed by atoms with Crippen LogP contribution in [0.5, 0.6) is 5.75 Å². The molecule has 0 fully saturated rings. The van der Waals surface area contributed by atoms with E-state index in [1.54, 1.807) is 0 Å². The fourth-order valence-electron chi connectivity index (χ4n) is 2.40. The molecule has 138 valence electrons. The number of rotatable bonds is 4. The number of nitrogens with zero attached hydrogens (tertiary/aromatic N) is 4. The number of nitrogens with two attached hydrogens (primary N) is 1. The third-order valence-electron chi connectivity index (χ3n) is 3.79. The number of anilines is 1. The normalized spacial score (nSPS) is 12.1. The van der Waals surface area contributed by atoms with Crippen LogP contribution in [0, 0.1) is 11.8 Å². The first-order valence-corrected chi connectivity index (χ1v) is 8.70. The third-order valence-corrected chi connectivity index (χ3v) is 5.61. The van der Waals surface area contributed by atoms with Crippen molar-refractivity contribution in [2.45, 2.75) is 4.90 Å². The molecule has 0 aromatic carbocycles. The van der Waals surface area contributed by atoms with Gasteiger partial charge in [-0.15, -0.1) is 0 Å². The predicted octanol–water partition coefficient (Wildman–Crippen LogP) is 1.52. The van der Waals surface area contributed by atoms with Crippen LogP contribution in [-0.4, -0.2) is 48.3 Å². The Hall–Kier alpha value is -2.79. The second-order valence-corrected chi connectivity index (χ2v) is 7.68. The highest BCUT2D eigenvalue weighted by atomic mass is 32.2. The average Bonchev–Trinajstić information content (AvgIpc) is 2.99. The maximum Gasteiger partial charge on any atom is 0.247 e. The molecule has 3 aromatic rings. The molecule has 0 aliphatic carbocycles. The summed E-state index contributed by atoms with van der Waals surface area (Å²) in [5.41, 5.74) is 5.45. The average molecular weight is 383 g/mol. The van der Waals surface area contributed by atoms with E-state index in [0.29, 0.717) is 0 Å². The number of sulfonamides is 1. The first kappa shape index (κ1) is 18.0. The summed E-state index contributed by atoms with van der Waals surface area (Å²) in [6.07, 6.45) is 2.51. The number of nitrogen functional groups attached to an aromatic ring is 1. The van der Waals surface area contributed by atoms with Gasteiger partial charge < -0.3 is 10.5 Å². The lowest BCUT2D eigenvalue weighted by molar-refractivity contribution is 0.399. The van der Waals surface area contributed by atoms with Crippen molar-refractivity contribution in [1.82, 2.24) is 18.7 Å². The minimum atomic E-state index is -3.86.